The molecule has 4 rings (SSSR count). The first-order chi connectivity index (χ1) is 13.5. The van der Waals surface area contributed by atoms with Gasteiger partial charge < -0.3 is 4.98 Å². The molecule has 0 aliphatic carbocycles. The van der Waals surface area contributed by atoms with Crippen LogP contribution in [0.4, 0.5) is 0 Å². The van der Waals surface area contributed by atoms with E-state index in [0.29, 0.717) is 16.6 Å². The van der Waals surface area contributed by atoms with E-state index in [1.54, 1.807) is 25.3 Å². The van der Waals surface area contributed by atoms with Crippen molar-refractivity contribution >= 4 is 33.5 Å². The van der Waals surface area contributed by atoms with Gasteiger partial charge in [0.15, 0.2) is 0 Å². The average molecular weight is 375 g/mol. The maximum atomic E-state index is 12.5. The van der Waals surface area contributed by atoms with Crippen molar-refractivity contribution < 1.29 is 9.59 Å². The number of carbonyl (C=O) groups is 2. The minimum atomic E-state index is -0.558. The Labute approximate surface area is 159 Å². The van der Waals surface area contributed by atoms with Gasteiger partial charge in [0.25, 0.3) is 17.4 Å². The lowest BCUT2D eigenvalue weighted by molar-refractivity contribution is -0.122. The summed E-state index contributed by atoms with van der Waals surface area (Å²) < 4.78 is 1.09. The number of aromatic nitrogens is 3. The van der Waals surface area contributed by atoms with E-state index in [-0.39, 0.29) is 12.1 Å². The standard InChI is InChI=1S/C20H17N5O3/c1-12-13-6-2-3-8-15(13)20(28)25(24-12)11-18(26)22-23-19(27)16-10-21-17-9-5-4-7-14(16)17/h2-10,21H,11H2,1H3,(H,22,26)(H,23,27). The predicted octanol–water partition coefficient (Wildman–Crippen LogP) is 1.65. The van der Waals surface area contributed by atoms with Gasteiger partial charge in [-0.05, 0) is 19.1 Å². The lowest BCUT2D eigenvalue weighted by atomic mass is 10.1. The lowest BCUT2D eigenvalue weighted by Crippen LogP contribution is -2.44. The normalized spacial score (nSPS) is 10.9. The second kappa shape index (κ2) is 6.99. The van der Waals surface area contributed by atoms with E-state index in [1.807, 2.05) is 36.4 Å². The zero-order valence-corrected chi connectivity index (χ0v) is 15.0. The molecule has 0 fully saturated rings. The summed E-state index contributed by atoms with van der Waals surface area (Å²) in [7, 11) is 0. The van der Waals surface area contributed by atoms with Crippen molar-refractivity contribution in [1.82, 2.24) is 25.6 Å². The fourth-order valence-electron chi connectivity index (χ4n) is 3.14. The molecule has 0 radical (unpaired) electrons. The topological polar surface area (TPSA) is 109 Å². The Morgan fingerprint density at radius 1 is 1.00 bits per heavy atom. The molecule has 4 aromatic rings. The van der Waals surface area contributed by atoms with Crippen LogP contribution in [-0.2, 0) is 11.3 Å². The van der Waals surface area contributed by atoms with Gasteiger partial charge >= 0.3 is 0 Å². The van der Waals surface area contributed by atoms with E-state index in [9.17, 15) is 14.4 Å². The molecule has 2 aromatic heterocycles. The first-order valence-electron chi connectivity index (χ1n) is 8.66. The van der Waals surface area contributed by atoms with Gasteiger partial charge in [0.1, 0.15) is 6.54 Å². The number of nitrogens with one attached hydrogen (secondary N) is 3. The first-order valence-corrected chi connectivity index (χ1v) is 8.66. The quantitative estimate of drug-likeness (QED) is 0.473. The number of benzene rings is 2. The molecule has 3 N–H and O–H groups in total. The van der Waals surface area contributed by atoms with E-state index in [0.717, 1.165) is 21.0 Å². The number of H-pyrrole nitrogens is 1. The Morgan fingerprint density at radius 3 is 2.46 bits per heavy atom. The second-order valence-corrected chi connectivity index (χ2v) is 6.34. The third-order valence-electron chi connectivity index (χ3n) is 4.50. The summed E-state index contributed by atoms with van der Waals surface area (Å²) >= 11 is 0. The summed E-state index contributed by atoms with van der Waals surface area (Å²) in [6.45, 7) is 1.47. The molecule has 0 spiro atoms. The summed E-state index contributed by atoms with van der Waals surface area (Å²) in [4.78, 5) is 40.1. The highest BCUT2D eigenvalue weighted by molar-refractivity contribution is 6.07. The molecule has 8 nitrogen and oxygen atoms in total. The number of hydrogen-bond donors (Lipinski definition) is 3. The smallest absolute Gasteiger partial charge is 0.275 e. The first kappa shape index (κ1) is 17.5. The Balaban J connectivity index is 1.48. The molecule has 2 aromatic carbocycles. The molecule has 0 bridgehead atoms. The largest absolute Gasteiger partial charge is 0.360 e. The summed E-state index contributed by atoms with van der Waals surface area (Å²) in [5.74, 6) is -1.02. The number of hydrazine groups is 1. The van der Waals surface area contributed by atoms with Crippen LogP contribution in [0.1, 0.15) is 16.1 Å². The van der Waals surface area contributed by atoms with Crippen LogP contribution in [0.2, 0.25) is 0 Å². The predicted molar refractivity (Wildman–Crippen MR) is 105 cm³/mol. The van der Waals surface area contributed by atoms with Gasteiger partial charge in [0, 0.05) is 22.5 Å². The summed E-state index contributed by atoms with van der Waals surface area (Å²) in [5, 5.41) is 6.17. The maximum absolute atomic E-state index is 12.5. The molecule has 140 valence electrons. The second-order valence-electron chi connectivity index (χ2n) is 6.34. The molecule has 0 aliphatic heterocycles. The number of para-hydroxylation sites is 1. The van der Waals surface area contributed by atoms with Gasteiger partial charge in [0.2, 0.25) is 0 Å². The monoisotopic (exact) mass is 375 g/mol. The molecule has 8 heteroatoms. The van der Waals surface area contributed by atoms with Crippen LogP contribution >= 0.6 is 0 Å². The molecule has 2 amide bonds. The molecule has 28 heavy (non-hydrogen) atoms. The number of aryl methyl sites for hydroxylation is 1. The molecular weight excluding hydrogens is 358 g/mol. The van der Waals surface area contributed by atoms with Gasteiger partial charge in [-0.15, -0.1) is 0 Å². The van der Waals surface area contributed by atoms with Crippen LogP contribution in [0.25, 0.3) is 21.7 Å². The van der Waals surface area contributed by atoms with Gasteiger partial charge in [-0.3, -0.25) is 25.2 Å². The van der Waals surface area contributed by atoms with Crippen LogP contribution < -0.4 is 16.4 Å². The van der Waals surface area contributed by atoms with E-state index >= 15 is 0 Å². The van der Waals surface area contributed by atoms with Crippen molar-refractivity contribution in [3.05, 3.63) is 76.3 Å². The number of rotatable bonds is 3. The number of fused-ring (bicyclic) bond motifs is 2. The van der Waals surface area contributed by atoms with Crippen molar-refractivity contribution in [3.8, 4) is 0 Å². The van der Waals surface area contributed by atoms with E-state index in [2.05, 4.69) is 20.9 Å². The highest BCUT2D eigenvalue weighted by Gasteiger charge is 2.14. The van der Waals surface area contributed by atoms with Crippen LogP contribution in [-0.4, -0.2) is 26.6 Å². The number of aromatic amines is 1. The Hall–Kier alpha value is -3.94. The SMILES string of the molecule is Cc1nn(CC(=O)NNC(=O)c2c[nH]c3ccccc23)c(=O)c2ccccc12. The van der Waals surface area contributed by atoms with Crippen LogP contribution in [0.5, 0.6) is 0 Å². The van der Waals surface area contributed by atoms with Crippen LogP contribution in [0.15, 0.2) is 59.5 Å². The van der Waals surface area contributed by atoms with Gasteiger partial charge in [-0.2, -0.15) is 5.10 Å². The third-order valence-corrected chi connectivity index (χ3v) is 4.50. The highest BCUT2D eigenvalue weighted by atomic mass is 16.2. The molecule has 2 heterocycles. The summed E-state index contributed by atoms with van der Waals surface area (Å²) in [5.41, 5.74) is 6.21. The zero-order valence-electron chi connectivity index (χ0n) is 15.0. The van der Waals surface area contributed by atoms with Gasteiger partial charge in [0.05, 0.1) is 16.6 Å². The maximum Gasteiger partial charge on any atom is 0.275 e. The molecule has 0 atom stereocenters. The van der Waals surface area contributed by atoms with E-state index in [1.165, 1.54) is 0 Å². The zero-order chi connectivity index (χ0) is 19.7. The van der Waals surface area contributed by atoms with Crippen molar-refractivity contribution in [1.29, 1.82) is 0 Å². The van der Waals surface area contributed by atoms with Crippen LogP contribution in [0.3, 0.4) is 0 Å². The fraction of sp³-hybridized carbons (Fsp3) is 0.100. The number of amides is 2. The minimum absolute atomic E-state index is 0.307. The molecule has 0 saturated carbocycles. The van der Waals surface area contributed by atoms with E-state index in [4.69, 9.17) is 0 Å². The summed E-state index contributed by atoms with van der Waals surface area (Å²) in [6, 6.07) is 14.4. The van der Waals surface area contributed by atoms with Gasteiger partial charge in [-0.25, -0.2) is 4.68 Å². The molecule has 0 aliphatic rings. The Bertz CT molecular complexity index is 1270. The minimum Gasteiger partial charge on any atom is -0.360 e. The van der Waals surface area contributed by atoms with Crippen molar-refractivity contribution in [3.63, 3.8) is 0 Å². The number of carbonyl (C=O) groups excluding carboxylic acids is 2. The molecule has 0 unspecified atom stereocenters. The van der Waals surface area contributed by atoms with Crippen molar-refractivity contribution in [2.45, 2.75) is 13.5 Å². The Kier molecular flexibility index (Phi) is 4.36. The number of nitrogens with zero attached hydrogens (tertiary/aromatic N) is 2. The third kappa shape index (κ3) is 3.11. The summed E-state index contributed by atoms with van der Waals surface area (Å²) in [6.07, 6.45) is 1.57. The average Bonchev–Trinajstić information content (AvgIpc) is 3.14. The van der Waals surface area contributed by atoms with Crippen LogP contribution in [0, 0.1) is 6.92 Å². The molecular formula is C20H17N5O3. The Morgan fingerprint density at radius 2 is 1.68 bits per heavy atom. The highest BCUT2D eigenvalue weighted by Crippen LogP contribution is 2.17. The van der Waals surface area contributed by atoms with E-state index < -0.39 is 11.8 Å². The van der Waals surface area contributed by atoms with Crippen molar-refractivity contribution in [2.24, 2.45) is 0 Å². The van der Waals surface area contributed by atoms with Gasteiger partial charge in [-0.1, -0.05) is 36.4 Å². The number of hydrogen-bond acceptors (Lipinski definition) is 4. The lowest BCUT2D eigenvalue weighted by Gasteiger charge is -2.10. The fourth-order valence-corrected chi connectivity index (χ4v) is 3.14. The molecule has 0 saturated heterocycles. The van der Waals surface area contributed by atoms with Crippen molar-refractivity contribution in [2.75, 3.05) is 0 Å².